The molecule has 0 saturated carbocycles. The van der Waals surface area contributed by atoms with Crippen LogP contribution in [0.2, 0.25) is 0 Å². The van der Waals surface area contributed by atoms with E-state index in [1.54, 1.807) is 37.4 Å². The average Bonchev–Trinajstić information content (AvgIpc) is 2.55. The van der Waals surface area contributed by atoms with Gasteiger partial charge in [-0.25, -0.2) is 8.42 Å². The molecule has 1 fully saturated rings. The van der Waals surface area contributed by atoms with Crippen molar-refractivity contribution in [2.24, 2.45) is 0 Å². The lowest BCUT2D eigenvalue weighted by atomic mass is 10.1. The first kappa shape index (κ1) is 16.3. The molecule has 2 atom stereocenters. The largest absolute Gasteiger partial charge is 0.394 e. The molecule has 3 rings (SSSR count). The van der Waals surface area contributed by atoms with Crippen LogP contribution in [0.3, 0.4) is 0 Å². The summed E-state index contributed by atoms with van der Waals surface area (Å²) in [6, 6.07) is 6.63. The van der Waals surface area contributed by atoms with E-state index in [0.717, 1.165) is 5.56 Å². The lowest BCUT2D eigenvalue weighted by Crippen LogP contribution is -2.51. The molecule has 6 nitrogen and oxygen atoms in total. The van der Waals surface area contributed by atoms with E-state index in [1.165, 1.54) is 4.31 Å². The van der Waals surface area contributed by atoms with Crippen molar-refractivity contribution < 1.29 is 18.3 Å². The summed E-state index contributed by atoms with van der Waals surface area (Å²) in [5.74, 6) is 0. The van der Waals surface area contributed by atoms with Crippen molar-refractivity contribution in [1.82, 2.24) is 9.29 Å². The van der Waals surface area contributed by atoms with E-state index >= 15 is 0 Å². The Labute approximate surface area is 135 Å². The number of aliphatic hydroxyl groups excluding tert-OH is 1. The van der Waals surface area contributed by atoms with Crippen LogP contribution in [0.5, 0.6) is 0 Å². The fraction of sp³-hybridized carbons (Fsp3) is 0.438. The van der Waals surface area contributed by atoms with Crippen molar-refractivity contribution >= 4 is 20.9 Å². The van der Waals surface area contributed by atoms with Crippen molar-refractivity contribution in [3.05, 3.63) is 36.0 Å². The van der Waals surface area contributed by atoms with E-state index in [9.17, 15) is 13.5 Å². The molecular weight excluding hydrogens is 316 g/mol. The standard InChI is InChI=1S/C16H20N2O4S/c1-11-5-6-15(14-4-3-7-17-16(11)14)23(20,21)18-8-13(9-19)22-10-12(18)2/h3-7,12-13,19H,8-10H2,1-2H3/t12-,13+/m0/s1. The second-order valence-corrected chi connectivity index (χ2v) is 7.70. The molecule has 1 saturated heterocycles. The first-order chi connectivity index (χ1) is 10.9. The highest BCUT2D eigenvalue weighted by atomic mass is 32.2. The van der Waals surface area contributed by atoms with Gasteiger partial charge in [-0.1, -0.05) is 6.07 Å². The summed E-state index contributed by atoms with van der Waals surface area (Å²) in [5, 5.41) is 9.90. The van der Waals surface area contributed by atoms with Crippen LogP contribution in [0, 0.1) is 6.92 Å². The van der Waals surface area contributed by atoms with Crippen LogP contribution < -0.4 is 0 Å². The minimum atomic E-state index is -3.70. The summed E-state index contributed by atoms with van der Waals surface area (Å²) in [7, 11) is -3.70. The highest BCUT2D eigenvalue weighted by Crippen LogP contribution is 2.29. The number of hydrogen-bond acceptors (Lipinski definition) is 5. The predicted molar refractivity (Wildman–Crippen MR) is 86.7 cm³/mol. The number of nitrogens with zero attached hydrogens (tertiary/aromatic N) is 2. The number of rotatable bonds is 3. The molecule has 1 aromatic carbocycles. The van der Waals surface area contributed by atoms with E-state index in [-0.39, 0.29) is 30.7 Å². The van der Waals surface area contributed by atoms with E-state index < -0.39 is 16.1 Å². The minimum absolute atomic E-state index is 0.148. The fourth-order valence-corrected chi connectivity index (χ4v) is 4.71. The molecule has 0 amide bonds. The topological polar surface area (TPSA) is 79.7 Å². The van der Waals surface area contributed by atoms with Gasteiger partial charge in [0, 0.05) is 24.2 Å². The Hall–Kier alpha value is -1.54. The normalized spacial score (nSPS) is 23.3. The van der Waals surface area contributed by atoms with Crippen molar-refractivity contribution in [3.63, 3.8) is 0 Å². The molecular formula is C16H20N2O4S. The van der Waals surface area contributed by atoms with Gasteiger partial charge < -0.3 is 9.84 Å². The molecule has 0 aliphatic carbocycles. The zero-order valence-electron chi connectivity index (χ0n) is 13.1. The first-order valence-corrected chi connectivity index (χ1v) is 8.98. The molecule has 7 heteroatoms. The third kappa shape index (κ3) is 2.85. The quantitative estimate of drug-likeness (QED) is 0.914. The van der Waals surface area contributed by atoms with Gasteiger partial charge in [0.25, 0.3) is 0 Å². The molecule has 1 aliphatic rings. The zero-order valence-corrected chi connectivity index (χ0v) is 14.0. The Morgan fingerprint density at radius 2 is 2.17 bits per heavy atom. The summed E-state index contributed by atoms with van der Waals surface area (Å²) in [6.45, 7) is 3.93. The van der Waals surface area contributed by atoms with Crippen molar-refractivity contribution in [3.8, 4) is 0 Å². The molecule has 0 spiro atoms. The molecule has 0 unspecified atom stereocenters. The van der Waals surface area contributed by atoms with Crippen LogP contribution in [0.4, 0.5) is 0 Å². The average molecular weight is 336 g/mol. The van der Waals surface area contributed by atoms with Gasteiger partial charge in [0.15, 0.2) is 0 Å². The molecule has 2 heterocycles. The first-order valence-electron chi connectivity index (χ1n) is 7.53. The third-order valence-electron chi connectivity index (χ3n) is 4.17. The van der Waals surface area contributed by atoms with Crippen molar-refractivity contribution in [2.45, 2.75) is 30.9 Å². The van der Waals surface area contributed by atoms with Crippen LogP contribution in [0.25, 0.3) is 10.9 Å². The van der Waals surface area contributed by atoms with E-state index in [0.29, 0.717) is 10.9 Å². The molecule has 2 aromatic rings. The summed E-state index contributed by atoms with van der Waals surface area (Å²) < 4.78 is 33.1. The zero-order chi connectivity index (χ0) is 16.6. The Balaban J connectivity index is 2.11. The van der Waals surface area contributed by atoms with Crippen LogP contribution in [0.15, 0.2) is 35.4 Å². The second-order valence-electron chi connectivity index (χ2n) is 5.84. The Morgan fingerprint density at radius 1 is 1.39 bits per heavy atom. The van der Waals surface area contributed by atoms with Gasteiger partial charge >= 0.3 is 0 Å². The van der Waals surface area contributed by atoms with Gasteiger partial charge in [-0.05, 0) is 37.6 Å². The number of aliphatic hydroxyl groups is 1. The number of fused-ring (bicyclic) bond motifs is 1. The van der Waals surface area contributed by atoms with Crippen LogP contribution in [-0.2, 0) is 14.8 Å². The number of sulfonamides is 1. The lowest BCUT2D eigenvalue weighted by Gasteiger charge is -2.36. The number of hydrogen-bond donors (Lipinski definition) is 1. The summed E-state index contributed by atoms with van der Waals surface area (Å²) in [4.78, 5) is 4.55. The molecule has 1 N–H and O–H groups in total. The lowest BCUT2D eigenvalue weighted by molar-refractivity contribution is -0.0516. The summed E-state index contributed by atoms with van der Waals surface area (Å²) in [5.41, 5.74) is 1.62. The fourth-order valence-electron chi connectivity index (χ4n) is 2.88. The Bertz CT molecular complexity index is 822. The SMILES string of the molecule is Cc1ccc(S(=O)(=O)N2C[C@H](CO)OC[C@@H]2C)c2cccnc12. The maximum absolute atomic E-state index is 13.1. The van der Waals surface area contributed by atoms with E-state index in [1.807, 2.05) is 6.92 Å². The maximum Gasteiger partial charge on any atom is 0.244 e. The maximum atomic E-state index is 13.1. The number of aryl methyl sites for hydroxylation is 1. The molecule has 1 aliphatic heterocycles. The molecule has 1 aromatic heterocycles. The molecule has 23 heavy (non-hydrogen) atoms. The van der Waals surface area contributed by atoms with Gasteiger partial charge in [-0.15, -0.1) is 0 Å². The number of aromatic nitrogens is 1. The van der Waals surface area contributed by atoms with E-state index in [4.69, 9.17) is 4.74 Å². The summed E-state index contributed by atoms with van der Waals surface area (Å²) >= 11 is 0. The minimum Gasteiger partial charge on any atom is -0.394 e. The summed E-state index contributed by atoms with van der Waals surface area (Å²) in [6.07, 6.45) is 1.17. The van der Waals surface area contributed by atoms with Crippen LogP contribution in [-0.4, -0.2) is 54.7 Å². The van der Waals surface area contributed by atoms with E-state index in [2.05, 4.69) is 4.98 Å². The van der Waals surface area contributed by atoms with Gasteiger partial charge in [-0.3, -0.25) is 4.98 Å². The number of ether oxygens (including phenoxy) is 1. The third-order valence-corrected chi connectivity index (χ3v) is 6.21. The Morgan fingerprint density at radius 3 is 2.91 bits per heavy atom. The van der Waals surface area contributed by atoms with Gasteiger partial charge in [0.1, 0.15) is 0 Å². The molecule has 124 valence electrons. The monoisotopic (exact) mass is 336 g/mol. The highest BCUT2D eigenvalue weighted by molar-refractivity contribution is 7.89. The molecule has 0 radical (unpaired) electrons. The highest BCUT2D eigenvalue weighted by Gasteiger charge is 2.36. The number of pyridine rings is 1. The van der Waals surface area contributed by atoms with Gasteiger partial charge in [-0.2, -0.15) is 4.31 Å². The smallest absolute Gasteiger partial charge is 0.244 e. The van der Waals surface area contributed by atoms with Gasteiger partial charge in [0.2, 0.25) is 10.0 Å². The van der Waals surface area contributed by atoms with Crippen LogP contribution >= 0.6 is 0 Å². The van der Waals surface area contributed by atoms with Crippen LogP contribution in [0.1, 0.15) is 12.5 Å². The molecule has 0 bridgehead atoms. The number of benzene rings is 1. The predicted octanol–water partition coefficient (Wildman–Crippen LogP) is 1.31. The number of morpholine rings is 1. The van der Waals surface area contributed by atoms with Crippen molar-refractivity contribution in [1.29, 1.82) is 0 Å². The van der Waals surface area contributed by atoms with Gasteiger partial charge in [0.05, 0.1) is 29.7 Å². The second kappa shape index (κ2) is 6.16. The Kier molecular flexibility index (Phi) is 4.37. The van der Waals surface area contributed by atoms with Crippen molar-refractivity contribution in [2.75, 3.05) is 19.8 Å².